The van der Waals surface area contributed by atoms with Gasteiger partial charge in [0.15, 0.2) is 0 Å². The van der Waals surface area contributed by atoms with E-state index in [1.807, 2.05) is 11.0 Å². The Morgan fingerprint density at radius 2 is 1.93 bits per heavy atom. The lowest BCUT2D eigenvalue weighted by Gasteiger charge is -2.40. The van der Waals surface area contributed by atoms with Crippen LogP contribution in [0.4, 0.5) is 4.39 Å². The second-order valence-electron chi connectivity index (χ2n) is 8.07. The minimum absolute atomic E-state index is 0.163. The molecule has 2 aromatic heterocycles. The Morgan fingerprint density at radius 1 is 1.13 bits per heavy atom. The van der Waals surface area contributed by atoms with Gasteiger partial charge in [0.1, 0.15) is 17.2 Å². The molecule has 2 aliphatic rings. The van der Waals surface area contributed by atoms with E-state index in [1.165, 1.54) is 67.8 Å². The Bertz CT molecular complexity index is 1060. The SMILES string of the molecule is O=C(CSc1ncnc2c1sc1cccc(F)c12)N1CCC(N2CCCCC2)CC1. The van der Waals surface area contributed by atoms with Crippen molar-refractivity contribution < 1.29 is 9.18 Å². The molecule has 5 rings (SSSR count). The normalized spacial score (nSPS) is 19.0. The van der Waals surface area contributed by atoms with Gasteiger partial charge in [0.25, 0.3) is 0 Å². The fraction of sp³-hybridized carbons (Fsp3) is 0.500. The predicted molar refractivity (Wildman–Crippen MR) is 121 cm³/mol. The largest absolute Gasteiger partial charge is 0.342 e. The smallest absolute Gasteiger partial charge is 0.232 e. The Kier molecular flexibility index (Phi) is 5.89. The number of piperidine rings is 2. The molecule has 0 aliphatic carbocycles. The Hall–Kier alpha value is -1.77. The molecule has 0 radical (unpaired) electrons. The number of aromatic nitrogens is 2. The fourth-order valence-electron chi connectivity index (χ4n) is 4.64. The zero-order valence-corrected chi connectivity index (χ0v) is 18.5. The van der Waals surface area contributed by atoms with Crippen molar-refractivity contribution in [3.8, 4) is 0 Å². The maximum Gasteiger partial charge on any atom is 0.232 e. The molecule has 158 valence electrons. The van der Waals surface area contributed by atoms with Crippen molar-refractivity contribution in [2.45, 2.75) is 43.2 Å². The van der Waals surface area contributed by atoms with Gasteiger partial charge in [-0.15, -0.1) is 11.3 Å². The first kappa shape index (κ1) is 20.2. The van der Waals surface area contributed by atoms with Crippen molar-refractivity contribution in [1.29, 1.82) is 0 Å². The summed E-state index contributed by atoms with van der Waals surface area (Å²) in [5.74, 6) is 0.259. The zero-order chi connectivity index (χ0) is 20.5. The number of nitrogens with zero attached hydrogens (tertiary/aromatic N) is 4. The summed E-state index contributed by atoms with van der Waals surface area (Å²) in [7, 11) is 0. The number of hydrogen-bond donors (Lipinski definition) is 0. The summed E-state index contributed by atoms with van der Waals surface area (Å²) >= 11 is 2.93. The van der Waals surface area contributed by atoms with Crippen LogP contribution in [0.15, 0.2) is 29.6 Å². The first-order valence-corrected chi connectivity index (χ1v) is 12.5. The van der Waals surface area contributed by atoms with Gasteiger partial charge >= 0.3 is 0 Å². The van der Waals surface area contributed by atoms with Crippen LogP contribution in [0, 0.1) is 5.82 Å². The standard InChI is InChI=1S/C22H25FN4OS2/c23-16-5-4-6-17-19(16)20-21(30-17)22(25-14-24-20)29-13-18(28)27-11-7-15(8-12-27)26-9-2-1-3-10-26/h4-6,14-15H,1-3,7-13H2. The third-order valence-electron chi connectivity index (χ3n) is 6.25. The van der Waals surface area contributed by atoms with Crippen LogP contribution in [0.2, 0.25) is 0 Å². The second kappa shape index (κ2) is 8.77. The Labute approximate surface area is 183 Å². The molecule has 4 heterocycles. The van der Waals surface area contributed by atoms with Gasteiger partial charge in [-0.25, -0.2) is 14.4 Å². The molecule has 8 heteroatoms. The van der Waals surface area contributed by atoms with Gasteiger partial charge in [-0.3, -0.25) is 4.79 Å². The van der Waals surface area contributed by atoms with Crippen molar-refractivity contribution in [3.05, 3.63) is 30.3 Å². The minimum atomic E-state index is -0.263. The van der Waals surface area contributed by atoms with E-state index in [0.29, 0.717) is 22.7 Å². The third kappa shape index (κ3) is 3.92. The number of amides is 1. The number of rotatable bonds is 4. The summed E-state index contributed by atoms with van der Waals surface area (Å²) in [6.07, 6.45) is 7.59. The molecule has 0 bridgehead atoms. The van der Waals surface area contributed by atoms with Crippen molar-refractivity contribution >= 4 is 49.3 Å². The summed E-state index contributed by atoms with van der Waals surface area (Å²) in [5, 5.41) is 1.31. The van der Waals surface area contributed by atoms with Crippen LogP contribution in [0.25, 0.3) is 20.3 Å². The topological polar surface area (TPSA) is 49.3 Å². The zero-order valence-electron chi connectivity index (χ0n) is 16.8. The number of halogens is 1. The highest BCUT2D eigenvalue weighted by Crippen LogP contribution is 2.38. The van der Waals surface area contributed by atoms with E-state index in [2.05, 4.69) is 14.9 Å². The van der Waals surface area contributed by atoms with Crippen molar-refractivity contribution in [3.63, 3.8) is 0 Å². The van der Waals surface area contributed by atoms with E-state index in [-0.39, 0.29) is 11.7 Å². The molecular weight excluding hydrogens is 419 g/mol. The van der Waals surface area contributed by atoms with Gasteiger partial charge in [0.05, 0.1) is 21.4 Å². The summed E-state index contributed by atoms with van der Waals surface area (Å²) in [4.78, 5) is 26.1. The van der Waals surface area contributed by atoms with Crippen LogP contribution >= 0.6 is 23.1 Å². The van der Waals surface area contributed by atoms with Gasteiger partial charge in [0, 0.05) is 23.8 Å². The van der Waals surface area contributed by atoms with Gasteiger partial charge < -0.3 is 9.80 Å². The van der Waals surface area contributed by atoms with Crippen molar-refractivity contribution in [1.82, 2.24) is 19.8 Å². The number of thiophene rings is 1. The second-order valence-corrected chi connectivity index (χ2v) is 10.1. The summed E-state index contributed by atoms with van der Waals surface area (Å²) in [6.45, 7) is 4.11. The van der Waals surface area contributed by atoms with Crippen LogP contribution in [0.5, 0.6) is 0 Å². The fourth-order valence-corrected chi connectivity index (χ4v) is 6.79. The van der Waals surface area contributed by atoms with Crippen LogP contribution in [-0.4, -0.2) is 63.6 Å². The molecule has 2 saturated heterocycles. The van der Waals surface area contributed by atoms with Crippen molar-refractivity contribution in [2.75, 3.05) is 31.9 Å². The van der Waals surface area contributed by atoms with Gasteiger partial charge in [0.2, 0.25) is 5.91 Å². The van der Waals surface area contributed by atoms with Crippen LogP contribution < -0.4 is 0 Å². The molecule has 1 amide bonds. The van der Waals surface area contributed by atoms with Crippen LogP contribution in [-0.2, 0) is 4.79 Å². The van der Waals surface area contributed by atoms with Gasteiger partial charge in [-0.2, -0.15) is 0 Å². The van der Waals surface area contributed by atoms with E-state index in [4.69, 9.17) is 0 Å². The van der Waals surface area contributed by atoms with E-state index in [0.717, 1.165) is 40.4 Å². The predicted octanol–water partition coefficient (Wildman–Crippen LogP) is 4.55. The number of carbonyl (C=O) groups excluding carboxylic acids is 1. The minimum Gasteiger partial charge on any atom is -0.342 e. The first-order chi connectivity index (χ1) is 14.7. The molecule has 2 aliphatic heterocycles. The molecule has 1 aromatic carbocycles. The lowest BCUT2D eigenvalue weighted by atomic mass is 10.00. The van der Waals surface area contributed by atoms with Crippen LogP contribution in [0.1, 0.15) is 32.1 Å². The number of fused-ring (bicyclic) bond motifs is 3. The van der Waals surface area contributed by atoms with Crippen LogP contribution in [0.3, 0.4) is 0 Å². The highest BCUT2D eigenvalue weighted by molar-refractivity contribution is 8.00. The molecule has 2 fully saturated rings. The number of thioether (sulfide) groups is 1. The molecule has 5 nitrogen and oxygen atoms in total. The lowest BCUT2D eigenvalue weighted by Crippen LogP contribution is -2.48. The maximum absolute atomic E-state index is 14.3. The molecular formula is C22H25FN4OS2. The average Bonchev–Trinajstić information content (AvgIpc) is 3.19. The molecule has 0 unspecified atom stereocenters. The Balaban J connectivity index is 1.23. The number of benzene rings is 1. The quantitative estimate of drug-likeness (QED) is 0.436. The highest BCUT2D eigenvalue weighted by atomic mass is 32.2. The van der Waals surface area contributed by atoms with E-state index < -0.39 is 0 Å². The van der Waals surface area contributed by atoms with Gasteiger partial charge in [-0.1, -0.05) is 24.2 Å². The monoisotopic (exact) mass is 444 g/mol. The lowest BCUT2D eigenvalue weighted by molar-refractivity contribution is -0.129. The summed E-state index contributed by atoms with van der Waals surface area (Å²) in [6, 6.07) is 5.71. The van der Waals surface area contributed by atoms with E-state index >= 15 is 0 Å². The molecule has 3 aromatic rings. The summed E-state index contributed by atoms with van der Waals surface area (Å²) < 4.78 is 16.0. The molecule has 0 spiro atoms. The molecule has 30 heavy (non-hydrogen) atoms. The molecule has 0 N–H and O–H groups in total. The molecule has 0 atom stereocenters. The highest BCUT2D eigenvalue weighted by Gasteiger charge is 2.27. The maximum atomic E-state index is 14.3. The Morgan fingerprint density at radius 3 is 2.73 bits per heavy atom. The van der Waals surface area contributed by atoms with E-state index in [1.54, 1.807) is 6.07 Å². The van der Waals surface area contributed by atoms with Crippen molar-refractivity contribution in [2.24, 2.45) is 0 Å². The van der Waals surface area contributed by atoms with Gasteiger partial charge in [-0.05, 0) is 50.9 Å². The number of carbonyl (C=O) groups is 1. The molecule has 0 saturated carbocycles. The number of likely N-dealkylation sites (tertiary alicyclic amines) is 2. The number of hydrogen-bond acceptors (Lipinski definition) is 6. The van der Waals surface area contributed by atoms with E-state index in [9.17, 15) is 9.18 Å². The third-order valence-corrected chi connectivity index (χ3v) is 8.51. The first-order valence-electron chi connectivity index (χ1n) is 10.7. The average molecular weight is 445 g/mol. The summed E-state index contributed by atoms with van der Waals surface area (Å²) in [5.41, 5.74) is 0.639.